The minimum atomic E-state index is -3.15. The molecular weight excluding hydrogens is 200 g/mol. The topological polar surface area (TPSA) is 63.4 Å². The van der Waals surface area contributed by atoms with E-state index in [0.717, 1.165) is 0 Å². The van der Waals surface area contributed by atoms with E-state index in [1.54, 1.807) is 11.2 Å². The summed E-state index contributed by atoms with van der Waals surface area (Å²) in [7, 11) is -3.15. The molecule has 0 aromatic heterocycles. The predicted molar refractivity (Wildman–Crippen MR) is 57.3 cm³/mol. The fourth-order valence-electron chi connectivity index (χ4n) is 1.66. The number of nitrogens with two attached hydrogens (primary N) is 1. The average molecular weight is 220 g/mol. The summed E-state index contributed by atoms with van der Waals surface area (Å²) in [6, 6.07) is 0. The summed E-state index contributed by atoms with van der Waals surface area (Å²) in [6.07, 6.45) is 0. The van der Waals surface area contributed by atoms with E-state index in [0.29, 0.717) is 24.9 Å². The Morgan fingerprint density at radius 3 is 2.14 bits per heavy atom. The van der Waals surface area contributed by atoms with Crippen molar-refractivity contribution in [2.75, 3.05) is 19.6 Å². The molecule has 1 aliphatic heterocycles. The second kappa shape index (κ2) is 4.16. The summed E-state index contributed by atoms with van der Waals surface area (Å²) in [5, 5.41) is -0.458. The fourth-order valence-corrected chi connectivity index (χ4v) is 3.30. The first-order valence-electron chi connectivity index (χ1n) is 5.08. The Kier molecular flexibility index (Phi) is 3.55. The molecule has 84 valence electrons. The van der Waals surface area contributed by atoms with E-state index >= 15 is 0 Å². The van der Waals surface area contributed by atoms with E-state index in [9.17, 15) is 8.42 Å². The van der Waals surface area contributed by atoms with E-state index < -0.39 is 15.3 Å². The molecule has 1 aliphatic rings. The number of hydrogen-bond acceptors (Lipinski definition) is 3. The van der Waals surface area contributed by atoms with Crippen molar-refractivity contribution in [2.24, 2.45) is 17.6 Å². The average Bonchev–Trinajstić information content (AvgIpc) is 2.46. The smallest absolute Gasteiger partial charge is 0.217 e. The van der Waals surface area contributed by atoms with Gasteiger partial charge in [-0.3, -0.25) is 0 Å². The van der Waals surface area contributed by atoms with Crippen LogP contribution in [0.2, 0.25) is 0 Å². The lowest BCUT2D eigenvalue weighted by molar-refractivity contribution is 0.454. The summed E-state index contributed by atoms with van der Waals surface area (Å²) in [4.78, 5) is 0. The number of hydrogen-bond donors (Lipinski definition) is 1. The normalized spacial score (nSPS) is 32.0. The van der Waals surface area contributed by atoms with Gasteiger partial charge in [0, 0.05) is 19.6 Å². The molecule has 3 unspecified atom stereocenters. The molecule has 14 heavy (non-hydrogen) atoms. The van der Waals surface area contributed by atoms with Gasteiger partial charge < -0.3 is 5.73 Å². The van der Waals surface area contributed by atoms with Crippen molar-refractivity contribution in [3.05, 3.63) is 0 Å². The summed E-state index contributed by atoms with van der Waals surface area (Å²) in [5.41, 5.74) is 5.39. The minimum Gasteiger partial charge on any atom is -0.329 e. The molecule has 0 aromatic rings. The van der Waals surface area contributed by atoms with E-state index in [1.165, 1.54) is 0 Å². The Bertz CT molecular complexity index is 279. The Labute approximate surface area is 86.5 Å². The van der Waals surface area contributed by atoms with Gasteiger partial charge in [0.15, 0.2) is 0 Å². The second-order valence-electron chi connectivity index (χ2n) is 4.36. The standard InChI is InChI=1S/C9H20N2O2S/c1-7-5-11(6-8(7)2)14(12,13)9(3)4-10/h7-9H,4-6,10H2,1-3H3. The maximum Gasteiger partial charge on any atom is 0.217 e. The highest BCUT2D eigenvalue weighted by molar-refractivity contribution is 7.89. The molecule has 1 heterocycles. The van der Waals surface area contributed by atoms with E-state index in [-0.39, 0.29) is 6.54 Å². The van der Waals surface area contributed by atoms with Gasteiger partial charge in [0.2, 0.25) is 10.0 Å². The molecule has 0 bridgehead atoms. The monoisotopic (exact) mass is 220 g/mol. The van der Waals surface area contributed by atoms with E-state index in [1.807, 2.05) is 0 Å². The van der Waals surface area contributed by atoms with Crippen molar-refractivity contribution >= 4 is 10.0 Å². The molecule has 1 fully saturated rings. The summed E-state index contributed by atoms with van der Waals surface area (Å²) in [6.45, 7) is 7.34. The molecule has 3 atom stereocenters. The van der Waals surface area contributed by atoms with Gasteiger partial charge in [-0.25, -0.2) is 12.7 Å². The van der Waals surface area contributed by atoms with Crippen molar-refractivity contribution in [3.63, 3.8) is 0 Å². The Hall–Kier alpha value is -0.130. The third-order valence-electron chi connectivity index (χ3n) is 3.15. The summed E-state index contributed by atoms with van der Waals surface area (Å²) >= 11 is 0. The lowest BCUT2D eigenvalue weighted by atomic mass is 10.0. The molecule has 4 nitrogen and oxygen atoms in total. The number of nitrogens with zero attached hydrogens (tertiary/aromatic N) is 1. The van der Waals surface area contributed by atoms with Crippen LogP contribution in [0, 0.1) is 11.8 Å². The molecule has 1 rings (SSSR count). The van der Waals surface area contributed by atoms with Crippen LogP contribution in [0.15, 0.2) is 0 Å². The molecule has 2 N–H and O–H groups in total. The van der Waals surface area contributed by atoms with Gasteiger partial charge in [-0.05, 0) is 18.8 Å². The maximum atomic E-state index is 11.9. The number of rotatable bonds is 3. The van der Waals surface area contributed by atoms with Crippen molar-refractivity contribution in [2.45, 2.75) is 26.0 Å². The molecule has 0 saturated carbocycles. The van der Waals surface area contributed by atoms with Gasteiger partial charge in [0.05, 0.1) is 5.25 Å². The summed E-state index contributed by atoms with van der Waals surface area (Å²) in [5.74, 6) is 0.907. The Morgan fingerprint density at radius 2 is 1.79 bits per heavy atom. The van der Waals surface area contributed by atoms with Gasteiger partial charge in [0.25, 0.3) is 0 Å². The molecular formula is C9H20N2O2S. The molecule has 0 aliphatic carbocycles. The Morgan fingerprint density at radius 1 is 1.36 bits per heavy atom. The van der Waals surface area contributed by atoms with E-state index in [2.05, 4.69) is 13.8 Å². The highest BCUT2D eigenvalue weighted by atomic mass is 32.2. The van der Waals surface area contributed by atoms with Gasteiger partial charge >= 0.3 is 0 Å². The lowest BCUT2D eigenvalue weighted by Crippen LogP contribution is -2.39. The zero-order chi connectivity index (χ0) is 10.9. The van der Waals surface area contributed by atoms with Gasteiger partial charge in [-0.15, -0.1) is 0 Å². The Balaban J connectivity index is 2.76. The first kappa shape index (κ1) is 11.9. The van der Waals surface area contributed by atoms with Crippen LogP contribution < -0.4 is 5.73 Å². The summed E-state index contributed by atoms with van der Waals surface area (Å²) < 4.78 is 25.4. The van der Waals surface area contributed by atoms with Crippen LogP contribution in [0.25, 0.3) is 0 Å². The van der Waals surface area contributed by atoms with Crippen molar-refractivity contribution in [1.82, 2.24) is 4.31 Å². The maximum absolute atomic E-state index is 11.9. The quantitative estimate of drug-likeness (QED) is 0.741. The van der Waals surface area contributed by atoms with Crippen LogP contribution in [-0.2, 0) is 10.0 Å². The lowest BCUT2D eigenvalue weighted by Gasteiger charge is -2.20. The van der Waals surface area contributed by atoms with Crippen molar-refractivity contribution < 1.29 is 8.42 Å². The second-order valence-corrected chi connectivity index (χ2v) is 6.71. The molecule has 5 heteroatoms. The molecule has 0 radical (unpaired) electrons. The van der Waals surface area contributed by atoms with Crippen LogP contribution in [0.5, 0.6) is 0 Å². The first-order chi connectivity index (χ1) is 6.39. The van der Waals surface area contributed by atoms with Crippen LogP contribution in [-0.4, -0.2) is 37.6 Å². The zero-order valence-corrected chi connectivity index (χ0v) is 9.92. The highest BCUT2D eigenvalue weighted by Crippen LogP contribution is 2.25. The van der Waals surface area contributed by atoms with Crippen molar-refractivity contribution in [1.29, 1.82) is 0 Å². The predicted octanol–water partition coefficient (Wildman–Crippen LogP) is 0.251. The highest BCUT2D eigenvalue weighted by Gasteiger charge is 2.36. The van der Waals surface area contributed by atoms with Crippen LogP contribution in [0.3, 0.4) is 0 Å². The van der Waals surface area contributed by atoms with Gasteiger partial charge in [-0.1, -0.05) is 13.8 Å². The van der Waals surface area contributed by atoms with Crippen LogP contribution in [0.1, 0.15) is 20.8 Å². The number of sulfonamides is 1. The van der Waals surface area contributed by atoms with Crippen LogP contribution >= 0.6 is 0 Å². The third-order valence-corrected chi connectivity index (χ3v) is 5.38. The van der Waals surface area contributed by atoms with Gasteiger partial charge in [0.1, 0.15) is 0 Å². The molecule has 0 amide bonds. The molecule has 0 spiro atoms. The van der Waals surface area contributed by atoms with Crippen LogP contribution in [0.4, 0.5) is 0 Å². The molecule has 0 aromatic carbocycles. The largest absolute Gasteiger partial charge is 0.329 e. The van der Waals surface area contributed by atoms with Crippen molar-refractivity contribution in [3.8, 4) is 0 Å². The third kappa shape index (κ3) is 2.10. The molecule has 1 saturated heterocycles. The zero-order valence-electron chi connectivity index (χ0n) is 9.10. The minimum absolute atomic E-state index is 0.196. The van der Waals surface area contributed by atoms with E-state index in [4.69, 9.17) is 5.73 Å². The SMILES string of the molecule is CC1CN(S(=O)(=O)C(C)CN)CC1C. The van der Waals surface area contributed by atoms with Gasteiger partial charge in [-0.2, -0.15) is 0 Å². The fraction of sp³-hybridized carbons (Fsp3) is 1.00. The first-order valence-corrected chi connectivity index (χ1v) is 6.59.